The third-order valence-corrected chi connectivity index (χ3v) is 4.44. The van der Waals surface area contributed by atoms with Crippen LogP contribution >= 0.6 is 27.3 Å². The molecule has 0 aliphatic rings. The van der Waals surface area contributed by atoms with Gasteiger partial charge in [-0.05, 0) is 28.1 Å². The van der Waals surface area contributed by atoms with Crippen molar-refractivity contribution in [1.82, 2.24) is 19.9 Å². The highest BCUT2D eigenvalue weighted by Crippen LogP contribution is 2.16. The fourth-order valence-electron chi connectivity index (χ4n) is 1.89. The third kappa shape index (κ3) is 2.59. The zero-order chi connectivity index (χ0) is 13.9. The van der Waals surface area contributed by atoms with E-state index in [9.17, 15) is 4.79 Å². The molecule has 0 saturated carbocycles. The molecule has 0 unspecified atom stereocenters. The molecule has 0 bridgehead atoms. The Bertz CT molecular complexity index is 752. The highest BCUT2D eigenvalue weighted by atomic mass is 79.9. The Morgan fingerprint density at radius 1 is 1.40 bits per heavy atom. The van der Waals surface area contributed by atoms with Gasteiger partial charge in [0, 0.05) is 22.8 Å². The fourth-order valence-corrected chi connectivity index (χ4v) is 3.18. The van der Waals surface area contributed by atoms with Gasteiger partial charge >= 0.3 is 0 Å². The molecule has 3 aromatic rings. The first-order valence-corrected chi connectivity index (χ1v) is 7.72. The Kier molecular flexibility index (Phi) is 3.79. The van der Waals surface area contributed by atoms with Crippen LogP contribution in [0.1, 0.15) is 16.1 Å². The first-order valence-electron chi connectivity index (χ1n) is 6.04. The molecule has 20 heavy (non-hydrogen) atoms. The number of carbonyl (C=O) groups excluding carboxylic acids is 1. The molecule has 102 valence electrons. The van der Waals surface area contributed by atoms with E-state index in [2.05, 4.69) is 31.3 Å². The van der Waals surface area contributed by atoms with Crippen molar-refractivity contribution in [3.8, 4) is 0 Å². The summed E-state index contributed by atoms with van der Waals surface area (Å²) >= 11 is 4.92. The van der Waals surface area contributed by atoms with E-state index in [0.717, 1.165) is 21.5 Å². The standard InChI is InChI=1S/C13H11BrN4OS/c14-11-4-2-1-3-10(11)12(19)15-6-5-9-7-20-13-16-8-17-18(9)13/h1-4,7-8H,5-6H2,(H,15,19). The number of fused-ring (bicyclic) bond motifs is 1. The van der Waals surface area contributed by atoms with Gasteiger partial charge in [0.25, 0.3) is 5.91 Å². The molecule has 3 rings (SSSR count). The average Bonchev–Trinajstić information content (AvgIpc) is 3.03. The number of carbonyl (C=O) groups is 1. The summed E-state index contributed by atoms with van der Waals surface area (Å²) in [6, 6.07) is 7.37. The quantitative estimate of drug-likeness (QED) is 0.786. The van der Waals surface area contributed by atoms with Crippen molar-refractivity contribution >= 4 is 38.1 Å². The van der Waals surface area contributed by atoms with Crippen molar-refractivity contribution in [2.45, 2.75) is 6.42 Å². The lowest BCUT2D eigenvalue weighted by molar-refractivity contribution is 0.0953. The number of hydrogen-bond acceptors (Lipinski definition) is 4. The van der Waals surface area contributed by atoms with Crippen LogP contribution in [0.3, 0.4) is 0 Å². The van der Waals surface area contributed by atoms with Crippen molar-refractivity contribution in [2.75, 3.05) is 6.54 Å². The summed E-state index contributed by atoms with van der Waals surface area (Å²) in [7, 11) is 0. The molecule has 2 aromatic heterocycles. The molecule has 0 aliphatic heterocycles. The number of thiazole rings is 1. The molecule has 5 nitrogen and oxygen atoms in total. The van der Waals surface area contributed by atoms with Crippen LogP contribution in [0.2, 0.25) is 0 Å². The summed E-state index contributed by atoms with van der Waals surface area (Å²) in [6.45, 7) is 0.561. The molecule has 7 heteroatoms. The molecule has 0 saturated heterocycles. The molecule has 0 atom stereocenters. The largest absolute Gasteiger partial charge is 0.352 e. The molecular weight excluding hydrogens is 340 g/mol. The van der Waals surface area contributed by atoms with Crippen LogP contribution in [0.15, 0.2) is 40.4 Å². The van der Waals surface area contributed by atoms with Gasteiger partial charge in [0.1, 0.15) is 6.33 Å². The summed E-state index contributed by atoms with van der Waals surface area (Å²) in [5.74, 6) is -0.0810. The fraction of sp³-hybridized carbons (Fsp3) is 0.154. The first kappa shape index (κ1) is 13.3. The summed E-state index contributed by atoms with van der Waals surface area (Å²) in [5, 5.41) is 9.07. The van der Waals surface area contributed by atoms with Gasteiger partial charge in [-0.25, -0.2) is 9.50 Å². The molecule has 0 aliphatic carbocycles. The van der Waals surface area contributed by atoms with Crippen molar-refractivity contribution in [3.63, 3.8) is 0 Å². The topological polar surface area (TPSA) is 59.3 Å². The monoisotopic (exact) mass is 350 g/mol. The minimum atomic E-state index is -0.0810. The second-order valence-electron chi connectivity index (χ2n) is 4.17. The SMILES string of the molecule is O=C(NCCc1csc2ncnn12)c1ccccc1Br. The molecule has 1 N–H and O–H groups in total. The van der Waals surface area contributed by atoms with Crippen LogP contribution in [0, 0.1) is 0 Å². The van der Waals surface area contributed by atoms with E-state index in [1.165, 1.54) is 6.33 Å². The Labute approximate surface area is 127 Å². The number of rotatable bonds is 4. The number of nitrogens with zero attached hydrogens (tertiary/aromatic N) is 3. The zero-order valence-corrected chi connectivity index (χ0v) is 12.8. The van der Waals surface area contributed by atoms with Crippen molar-refractivity contribution in [1.29, 1.82) is 0 Å². The Morgan fingerprint density at radius 2 is 2.25 bits per heavy atom. The second-order valence-corrected chi connectivity index (χ2v) is 5.86. The van der Waals surface area contributed by atoms with Gasteiger partial charge in [-0.15, -0.1) is 11.3 Å². The molecular formula is C13H11BrN4OS. The predicted octanol–water partition coefficient (Wildman–Crippen LogP) is 2.53. The Hall–Kier alpha value is -1.73. The summed E-state index contributed by atoms with van der Waals surface area (Å²) in [5.41, 5.74) is 1.69. The Morgan fingerprint density at radius 3 is 3.10 bits per heavy atom. The smallest absolute Gasteiger partial charge is 0.252 e. The molecule has 0 spiro atoms. The van der Waals surface area contributed by atoms with Crippen LogP contribution in [0.5, 0.6) is 0 Å². The molecule has 0 radical (unpaired) electrons. The number of amides is 1. The van der Waals surface area contributed by atoms with Crippen LogP contribution < -0.4 is 5.32 Å². The minimum absolute atomic E-state index is 0.0810. The van der Waals surface area contributed by atoms with Gasteiger partial charge in [0.05, 0.1) is 11.3 Å². The maximum atomic E-state index is 12.0. The molecule has 1 amide bonds. The van der Waals surface area contributed by atoms with Crippen LogP contribution in [0.25, 0.3) is 4.96 Å². The average molecular weight is 351 g/mol. The van der Waals surface area contributed by atoms with Gasteiger partial charge in [-0.2, -0.15) is 5.10 Å². The Balaban J connectivity index is 1.62. The molecule has 2 heterocycles. The van der Waals surface area contributed by atoms with Crippen LogP contribution in [-0.2, 0) is 6.42 Å². The highest BCUT2D eigenvalue weighted by molar-refractivity contribution is 9.10. The summed E-state index contributed by atoms with van der Waals surface area (Å²) in [4.78, 5) is 17.0. The normalized spacial score (nSPS) is 10.8. The van der Waals surface area contributed by atoms with Crippen molar-refractivity contribution in [3.05, 3.63) is 51.7 Å². The van der Waals surface area contributed by atoms with Gasteiger partial charge in [-0.1, -0.05) is 12.1 Å². The van der Waals surface area contributed by atoms with Gasteiger partial charge in [-0.3, -0.25) is 4.79 Å². The van der Waals surface area contributed by atoms with Gasteiger partial charge < -0.3 is 5.32 Å². The van der Waals surface area contributed by atoms with Gasteiger partial charge in [0.2, 0.25) is 4.96 Å². The van der Waals surface area contributed by atoms with Crippen LogP contribution in [0.4, 0.5) is 0 Å². The van der Waals surface area contributed by atoms with E-state index >= 15 is 0 Å². The number of hydrogen-bond donors (Lipinski definition) is 1. The van der Waals surface area contributed by atoms with Crippen molar-refractivity contribution in [2.24, 2.45) is 0 Å². The molecule has 1 aromatic carbocycles. The van der Waals surface area contributed by atoms with E-state index in [4.69, 9.17) is 0 Å². The second kappa shape index (κ2) is 5.72. The maximum absolute atomic E-state index is 12.0. The lowest BCUT2D eigenvalue weighted by Crippen LogP contribution is -2.26. The van der Waals surface area contributed by atoms with Gasteiger partial charge in [0.15, 0.2) is 0 Å². The zero-order valence-electron chi connectivity index (χ0n) is 10.4. The number of nitrogens with one attached hydrogen (secondary N) is 1. The first-order chi connectivity index (χ1) is 9.75. The number of halogens is 1. The third-order valence-electron chi connectivity index (χ3n) is 2.87. The lowest BCUT2D eigenvalue weighted by atomic mass is 10.2. The summed E-state index contributed by atoms with van der Waals surface area (Å²) in [6.07, 6.45) is 2.26. The van der Waals surface area contributed by atoms with E-state index < -0.39 is 0 Å². The van der Waals surface area contributed by atoms with E-state index in [1.54, 1.807) is 21.9 Å². The van der Waals surface area contributed by atoms with E-state index in [-0.39, 0.29) is 5.91 Å². The summed E-state index contributed by atoms with van der Waals surface area (Å²) < 4.78 is 2.60. The minimum Gasteiger partial charge on any atom is -0.352 e. The van der Waals surface area contributed by atoms with Crippen LogP contribution in [-0.4, -0.2) is 27.0 Å². The lowest BCUT2D eigenvalue weighted by Gasteiger charge is -2.06. The molecule has 0 fully saturated rings. The highest BCUT2D eigenvalue weighted by Gasteiger charge is 2.09. The van der Waals surface area contributed by atoms with Crippen molar-refractivity contribution < 1.29 is 4.79 Å². The predicted molar refractivity (Wildman–Crippen MR) is 81.0 cm³/mol. The van der Waals surface area contributed by atoms with E-state index in [1.807, 2.05) is 23.6 Å². The number of benzene rings is 1. The maximum Gasteiger partial charge on any atom is 0.252 e. The van der Waals surface area contributed by atoms with E-state index in [0.29, 0.717) is 12.1 Å². The number of aromatic nitrogens is 3.